The Morgan fingerprint density at radius 2 is 1.11 bits per heavy atom. The Hall–Kier alpha value is -3.60. The first-order chi connectivity index (χ1) is 17.3. The van der Waals surface area contributed by atoms with Crippen molar-refractivity contribution in [3.8, 4) is 44.9 Å². The highest BCUT2D eigenvalue weighted by molar-refractivity contribution is 6.00. The number of fused-ring (bicyclic) bond motifs is 3. The lowest BCUT2D eigenvalue weighted by molar-refractivity contribution is 0.263. The summed E-state index contributed by atoms with van der Waals surface area (Å²) < 4.78 is 23.3. The van der Waals surface area contributed by atoms with E-state index < -0.39 is 0 Å². The average Bonchev–Trinajstić information content (AvgIpc) is 3.84. The van der Waals surface area contributed by atoms with E-state index in [1.165, 1.54) is 27.8 Å². The van der Waals surface area contributed by atoms with Crippen LogP contribution < -0.4 is 9.47 Å². The second kappa shape index (κ2) is 8.56. The van der Waals surface area contributed by atoms with Gasteiger partial charge in [-0.2, -0.15) is 0 Å². The molecule has 1 aliphatic carbocycles. The van der Waals surface area contributed by atoms with Crippen molar-refractivity contribution < 1.29 is 18.9 Å². The summed E-state index contributed by atoms with van der Waals surface area (Å²) in [6.45, 7) is 2.69. The van der Waals surface area contributed by atoms with Crippen LogP contribution in [0, 0.1) is 0 Å². The minimum Gasteiger partial charge on any atom is -0.490 e. The molecule has 7 rings (SSSR count). The van der Waals surface area contributed by atoms with Gasteiger partial charge in [0.05, 0.1) is 13.2 Å². The molecule has 0 bridgehead atoms. The van der Waals surface area contributed by atoms with E-state index in [0.29, 0.717) is 13.2 Å². The van der Waals surface area contributed by atoms with Crippen LogP contribution >= 0.6 is 0 Å². The second-order valence-corrected chi connectivity index (χ2v) is 9.38. The molecule has 4 heteroatoms. The van der Waals surface area contributed by atoms with Crippen LogP contribution in [0.5, 0.6) is 11.5 Å². The largest absolute Gasteiger partial charge is 0.490 e. The van der Waals surface area contributed by atoms with Crippen LogP contribution in [0.25, 0.3) is 33.4 Å². The van der Waals surface area contributed by atoms with Crippen LogP contribution in [0.2, 0.25) is 0 Å². The highest BCUT2D eigenvalue weighted by atomic mass is 16.6. The monoisotopic (exact) mass is 462 g/mol. The molecule has 0 spiro atoms. The summed E-state index contributed by atoms with van der Waals surface area (Å²) in [5.41, 5.74) is 9.80. The Labute approximate surface area is 205 Å². The van der Waals surface area contributed by atoms with Gasteiger partial charge in [0.2, 0.25) is 0 Å². The molecule has 2 saturated heterocycles. The number of benzene rings is 4. The average molecular weight is 463 g/mol. The van der Waals surface area contributed by atoms with Crippen molar-refractivity contribution in [3.63, 3.8) is 0 Å². The minimum absolute atomic E-state index is 0.198. The van der Waals surface area contributed by atoms with Crippen molar-refractivity contribution in [1.82, 2.24) is 0 Å². The molecule has 35 heavy (non-hydrogen) atoms. The standard InChI is InChI=1S/C31H26O4/c1-2-8-24-20(7-1)15-21-13-14-26(25-9-3-5-11-28(25)34-18-22-16-32-22)31(30(21)24)27-10-4-6-12-29(27)35-19-23-17-33-23/h1-14,22-23H,15-19H2. The van der Waals surface area contributed by atoms with E-state index in [-0.39, 0.29) is 12.2 Å². The molecule has 2 atom stereocenters. The Kier molecular flexibility index (Phi) is 5.07. The molecule has 0 N–H and O–H groups in total. The second-order valence-electron chi connectivity index (χ2n) is 9.38. The molecular weight excluding hydrogens is 436 g/mol. The molecule has 3 aliphatic rings. The zero-order valence-electron chi connectivity index (χ0n) is 19.4. The lowest BCUT2D eigenvalue weighted by Crippen LogP contribution is -2.06. The number of epoxide rings is 2. The normalized spacial score (nSPS) is 19.1. The number of rotatable bonds is 8. The quantitative estimate of drug-likeness (QED) is 0.260. The summed E-state index contributed by atoms with van der Waals surface area (Å²) in [5.74, 6) is 1.76. The third-order valence-corrected chi connectivity index (χ3v) is 6.95. The highest BCUT2D eigenvalue weighted by Gasteiger charge is 2.29. The molecule has 4 nitrogen and oxygen atoms in total. The van der Waals surface area contributed by atoms with Crippen molar-refractivity contribution in [1.29, 1.82) is 0 Å². The predicted molar refractivity (Wildman–Crippen MR) is 136 cm³/mol. The zero-order valence-corrected chi connectivity index (χ0v) is 19.4. The number of ether oxygens (including phenoxy) is 4. The van der Waals surface area contributed by atoms with Crippen LogP contribution in [0.4, 0.5) is 0 Å². The molecule has 2 heterocycles. The maximum absolute atomic E-state index is 6.30. The summed E-state index contributed by atoms with van der Waals surface area (Å²) >= 11 is 0. The zero-order chi connectivity index (χ0) is 23.2. The van der Waals surface area contributed by atoms with Crippen molar-refractivity contribution in [3.05, 3.63) is 96.1 Å². The van der Waals surface area contributed by atoms with Gasteiger partial charge in [0.25, 0.3) is 0 Å². The van der Waals surface area contributed by atoms with Gasteiger partial charge in [-0.05, 0) is 46.4 Å². The van der Waals surface area contributed by atoms with E-state index in [0.717, 1.165) is 47.8 Å². The molecule has 0 saturated carbocycles. The maximum atomic E-state index is 6.30. The number of hydrogen-bond donors (Lipinski definition) is 0. The van der Waals surface area contributed by atoms with Crippen LogP contribution in [0.3, 0.4) is 0 Å². The number of para-hydroxylation sites is 2. The summed E-state index contributed by atoms with van der Waals surface area (Å²) in [6.07, 6.45) is 1.34. The van der Waals surface area contributed by atoms with E-state index in [1.807, 2.05) is 12.1 Å². The molecule has 4 aromatic rings. The topological polar surface area (TPSA) is 43.5 Å². The van der Waals surface area contributed by atoms with Crippen molar-refractivity contribution in [2.45, 2.75) is 18.6 Å². The Balaban J connectivity index is 1.43. The summed E-state index contributed by atoms with van der Waals surface area (Å²) in [5, 5.41) is 0. The molecule has 0 radical (unpaired) electrons. The van der Waals surface area contributed by atoms with Gasteiger partial charge in [0, 0.05) is 16.7 Å². The van der Waals surface area contributed by atoms with E-state index in [2.05, 4.69) is 72.8 Å². The Bertz CT molecular complexity index is 1400. The number of hydrogen-bond acceptors (Lipinski definition) is 4. The van der Waals surface area contributed by atoms with Crippen molar-refractivity contribution >= 4 is 0 Å². The molecule has 4 aromatic carbocycles. The molecular formula is C31H26O4. The highest BCUT2D eigenvalue weighted by Crippen LogP contribution is 2.50. The van der Waals surface area contributed by atoms with Crippen molar-refractivity contribution in [2.24, 2.45) is 0 Å². The van der Waals surface area contributed by atoms with Gasteiger partial charge >= 0.3 is 0 Å². The van der Waals surface area contributed by atoms with Gasteiger partial charge in [-0.15, -0.1) is 0 Å². The first-order valence-corrected chi connectivity index (χ1v) is 12.3. The SMILES string of the molecule is c1ccc2c(c1)Cc1ccc(-c3ccccc3OCC3CO3)c(-c3ccccc3OCC3CO3)c1-2. The Morgan fingerprint density at radius 1 is 0.543 bits per heavy atom. The fourth-order valence-electron chi connectivity index (χ4n) is 5.04. The molecule has 2 unspecified atom stereocenters. The van der Waals surface area contributed by atoms with E-state index in [4.69, 9.17) is 18.9 Å². The van der Waals surface area contributed by atoms with Crippen LogP contribution in [0.1, 0.15) is 11.1 Å². The summed E-state index contributed by atoms with van der Waals surface area (Å²) in [7, 11) is 0. The minimum atomic E-state index is 0.198. The van der Waals surface area contributed by atoms with Crippen molar-refractivity contribution in [2.75, 3.05) is 26.4 Å². The fraction of sp³-hybridized carbons (Fsp3) is 0.226. The van der Waals surface area contributed by atoms with Gasteiger partial charge < -0.3 is 18.9 Å². The first kappa shape index (κ1) is 20.7. The Morgan fingerprint density at radius 3 is 1.80 bits per heavy atom. The molecule has 2 aliphatic heterocycles. The van der Waals surface area contributed by atoms with E-state index in [1.54, 1.807) is 0 Å². The maximum Gasteiger partial charge on any atom is 0.127 e. The smallest absolute Gasteiger partial charge is 0.127 e. The van der Waals surface area contributed by atoms with Gasteiger partial charge in [0.1, 0.15) is 36.9 Å². The summed E-state index contributed by atoms with van der Waals surface area (Å²) in [4.78, 5) is 0. The lowest BCUT2D eigenvalue weighted by Gasteiger charge is -2.20. The fourth-order valence-corrected chi connectivity index (χ4v) is 5.04. The third-order valence-electron chi connectivity index (χ3n) is 6.95. The lowest BCUT2D eigenvalue weighted by atomic mass is 9.86. The van der Waals surface area contributed by atoms with Gasteiger partial charge in [-0.3, -0.25) is 0 Å². The molecule has 0 amide bonds. The molecule has 2 fully saturated rings. The molecule has 0 aromatic heterocycles. The van der Waals surface area contributed by atoms with Gasteiger partial charge in [-0.1, -0.05) is 72.8 Å². The van der Waals surface area contributed by atoms with Gasteiger partial charge in [-0.25, -0.2) is 0 Å². The predicted octanol–water partition coefficient (Wildman–Crippen LogP) is 6.15. The molecule has 174 valence electrons. The van der Waals surface area contributed by atoms with Crippen LogP contribution in [-0.4, -0.2) is 38.6 Å². The van der Waals surface area contributed by atoms with Crippen LogP contribution in [0.15, 0.2) is 84.9 Å². The third kappa shape index (κ3) is 3.99. The first-order valence-electron chi connectivity index (χ1n) is 12.3. The van der Waals surface area contributed by atoms with E-state index in [9.17, 15) is 0 Å². The van der Waals surface area contributed by atoms with Crippen LogP contribution in [-0.2, 0) is 15.9 Å². The van der Waals surface area contributed by atoms with Gasteiger partial charge in [0.15, 0.2) is 0 Å². The summed E-state index contributed by atoms with van der Waals surface area (Å²) in [6, 6.07) is 29.9. The van der Waals surface area contributed by atoms with E-state index >= 15 is 0 Å².